The van der Waals surface area contributed by atoms with Crippen LogP contribution in [0.4, 0.5) is 13.6 Å². The summed E-state index contributed by atoms with van der Waals surface area (Å²) in [7, 11) is -1.13. The van der Waals surface area contributed by atoms with Crippen molar-refractivity contribution in [2.75, 3.05) is 13.1 Å². The van der Waals surface area contributed by atoms with Crippen molar-refractivity contribution in [2.24, 2.45) is 0 Å². The van der Waals surface area contributed by atoms with E-state index in [4.69, 9.17) is 14.0 Å². The zero-order valence-corrected chi connectivity index (χ0v) is 19.9. The van der Waals surface area contributed by atoms with Crippen LogP contribution in [0.2, 0.25) is 0 Å². The van der Waals surface area contributed by atoms with E-state index < -0.39 is 41.4 Å². The molecule has 1 aromatic rings. The normalized spacial score (nSPS) is 22.8. The van der Waals surface area contributed by atoms with E-state index in [-0.39, 0.29) is 38.2 Å². The Balaban J connectivity index is 1.57. The van der Waals surface area contributed by atoms with Crippen LogP contribution >= 0.6 is 0 Å². The summed E-state index contributed by atoms with van der Waals surface area (Å²) in [6.45, 7) is 13.2. The molecule has 8 nitrogen and oxygen atoms in total. The highest BCUT2D eigenvalue weighted by Gasteiger charge is 2.53. The molecule has 0 radical (unpaired) electrons. The highest BCUT2D eigenvalue weighted by Crippen LogP contribution is 2.39. The van der Waals surface area contributed by atoms with Crippen molar-refractivity contribution < 1.29 is 27.6 Å². The van der Waals surface area contributed by atoms with Crippen LogP contribution in [0.5, 0.6) is 0 Å². The number of hydrogen-bond acceptors (Lipinski definition) is 6. The maximum Gasteiger partial charge on any atom is 0.525 e. The molecule has 0 aromatic carbocycles. The molecule has 178 valence electrons. The van der Waals surface area contributed by atoms with E-state index in [1.807, 2.05) is 27.7 Å². The number of aromatic nitrogens is 3. The van der Waals surface area contributed by atoms with E-state index >= 15 is 4.39 Å². The van der Waals surface area contributed by atoms with Crippen molar-refractivity contribution in [1.29, 1.82) is 0 Å². The smallest absolute Gasteiger partial charge is 0.444 e. The molecule has 0 spiro atoms. The predicted molar refractivity (Wildman–Crippen MR) is 116 cm³/mol. The Morgan fingerprint density at radius 3 is 2.31 bits per heavy atom. The van der Waals surface area contributed by atoms with Gasteiger partial charge in [-0.25, -0.2) is 18.3 Å². The highest BCUT2D eigenvalue weighted by molar-refractivity contribution is 6.54. The first kappa shape index (κ1) is 24.6. The van der Waals surface area contributed by atoms with Crippen LogP contribution in [0.25, 0.3) is 6.08 Å². The fraction of sp³-hybridized carbons (Fsp3) is 0.762. The van der Waals surface area contributed by atoms with Gasteiger partial charge in [-0.05, 0) is 54.5 Å². The molecule has 2 aliphatic heterocycles. The summed E-state index contributed by atoms with van der Waals surface area (Å²) < 4.78 is 48.1. The standard InChI is InChI=1S/C21H33BF2N4O4/c1-18(2,3)30-17(29)27-10-8-21(24,9-11-27)14-28-13-15(25-26-28)12-16(23)22-31-19(4,5)20(6,7)32-22/h12-13H,8-11,14H2,1-7H3. The van der Waals surface area contributed by atoms with Crippen molar-refractivity contribution in [3.63, 3.8) is 0 Å². The zero-order valence-electron chi connectivity index (χ0n) is 19.9. The third kappa shape index (κ3) is 5.67. The number of nitrogens with zero attached hydrogens (tertiary/aromatic N) is 4. The van der Waals surface area contributed by atoms with Crippen molar-refractivity contribution in [2.45, 2.75) is 90.3 Å². The Morgan fingerprint density at radius 2 is 1.78 bits per heavy atom. The molecule has 2 aliphatic rings. The van der Waals surface area contributed by atoms with Crippen molar-refractivity contribution >= 4 is 19.3 Å². The van der Waals surface area contributed by atoms with Gasteiger partial charge in [0, 0.05) is 25.9 Å². The second-order valence-corrected chi connectivity index (χ2v) is 10.6. The molecule has 0 N–H and O–H groups in total. The van der Waals surface area contributed by atoms with Crippen molar-refractivity contribution in [3.8, 4) is 0 Å². The third-order valence-electron chi connectivity index (χ3n) is 6.08. The van der Waals surface area contributed by atoms with Gasteiger partial charge in [0.15, 0.2) is 0 Å². The molecule has 32 heavy (non-hydrogen) atoms. The molecule has 3 heterocycles. The fourth-order valence-corrected chi connectivity index (χ4v) is 3.49. The van der Waals surface area contributed by atoms with E-state index in [0.29, 0.717) is 0 Å². The first-order valence-corrected chi connectivity index (χ1v) is 10.9. The maximum atomic E-state index is 15.3. The van der Waals surface area contributed by atoms with E-state index in [0.717, 1.165) is 0 Å². The van der Waals surface area contributed by atoms with E-state index in [1.165, 1.54) is 21.9 Å². The monoisotopic (exact) mass is 454 g/mol. The lowest BCUT2D eigenvalue weighted by atomic mass is 9.87. The molecule has 2 saturated heterocycles. The number of rotatable bonds is 4. The van der Waals surface area contributed by atoms with E-state index in [9.17, 15) is 9.18 Å². The minimum Gasteiger partial charge on any atom is -0.444 e. The number of carbonyl (C=O) groups excluding carboxylic acids is 1. The van der Waals surface area contributed by atoms with Gasteiger partial charge in [0.2, 0.25) is 0 Å². The summed E-state index contributed by atoms with van der Waals surface area (Å²) in [5.74, 6) is 0. The first-order chi connectivity index (χ1) is 14.6. The summed E-state index contributed by atoms with van der Waals surface area (Å²) in [4.78, 5) is 13.7. The number of amides is 1. The lowest BCUT2D eigenvalue weighted by molar-refractivity contribution is -0.00147. The quantitative estimate of drug-likeness (QED) is 0.641. The number of halogens is 2. The number of likely N-dealkylation sites (tertiary alicyclic amines) is 1. The summed E-state index contributed by atoms with van der Waals surface area (Å²) in [5.41, 5.74) is -3.84. The van der Waals surface area contributed by atoms with Crippen LogP contribution < -0.4 is 0 Å². The molecular formula is C21H33BF2N4O4. The Labute approximate surface area is 188 Å². The lowest BCUT2D eigenvalue weighted by Gasteiger charge is -2.36. The molecule has 0 unspecified atom stereocenters. The van der Waals surface area contributed by atoms with Crippen LogP contribution in [0.3, 0.4) is 0 Å². The zero-order chi connectivity index (χ0) is 23.9. The van der Waals surface area contributed by atoms with Crippen molar-refractivity contribution in [3.05, 3.63) is 17.6 Å². The Hall–Kier alpha value is -2.01. The molecule has 0 saturated carbocycles. The predicted octanol–water partition coefficient (Wildman–Crippen LogP) is 3.96. The maximum absolute atomic E-state index is 15.3. The number of hydrogen-bond donors (Lipinski definition) is 0. The van der Waals surface area contributed by atoms with E-state index in [2.05, 4.69) is 10.3 Å². The summed E-state index contributed by atoms with van der Waals surface area (Å²) in [6.07, 6.45) is 2.53. The second-order valence-electron chi connectivity index (χ2n) is 10.6. The Morgan fingerprint density at radius 1 is 1.22 bits per heavy atom. The first-order valence-electron chi connectivity index (χ1n) is 10.9. The molecule has 0 bridgehead atoms. The summed E-state index contributed by atoms with van der Waals surface area (Å²) in [6, 6.07) is 0. The minimum atomic E-state index is -1.54. The van der Waals surface area contributed by atoms with E-state index in [1.54, 1.807) is 20.8 Å². The molecule has 1 aromatic heterocycles. The largest absolute Gasteiger partial charge is 0.525 e. The molecule has 3 rings (SSSR count). The Bertz CT molecular complexity index is 857. The number of alkyl halides is 1. The van der Waals surface area contributed by atoms with Gasteiger partial charge in [-0.15, -0.1) is 5.10 Å². The Kier molecular flexibility index (Phi) is 6.47. The second kappa shape index (κ2) is 8.41. The lowest BCUT2D eigenvalue weighted by Crippen LogP contribution is -2.47. The number of ether oxygens (including phenoxy) is 1. The number of carbonyl (C=O) groups is 1. The van der Waals surface area contributed by atoms with Crippen LogP contribution in [0.1, 0.15) is 67.0 Å². The van der Waals surface area contributed by atoms with Gasteiger partial charge >= 0.3 is 13.2 Å². The average Bonchev–Trinajstić information content (AvgIpc) is 3.14. The van der Waals surface area contributed by atoms with Gasteiger partial charge < -0.3 is 18.9 Å². The van der Waals surface area contributed by atoms with Crippen LogP contribution in [-0.4, -0.2) is 68.7 Å². The molecular weight excluding hydrogens is 421 g/mol. The van der Waals surface area contributed by atoms with Crippen molar-refractivity contribution in [1.82, 2.24) is 19.9 Å². The SMILES string of the molecule is CC(C)(C)OC(=O)N1CCC(F)(Cn2cc(C=C(F)B3OC(C)(C)C(C)(C)O3)nn2)CC1. The van der Waals surface area contributed by atoms with Gasteiger partial charge in [0.25, 0.3) is 0 Å². The number of piperidine rings is 1. The minimum absolute atomic E-state index is 0.0336. The summed E-state index contributed by atoms with van der Waals surface area (Å²) in [5, 5.41) is 7.84. The molecule has 0 aliphatic carbocycles. The van der Waals surface area contributed by atoms with Gasteiger partial charge in [0.1, 0.15) is 22.7 Å². The molecule has 2 fully saturated rings. The molecule has 1 amide bonds. The molecule has 11 heteroatoms. The third-order valence-corrected chi connectivity index (χ3v) is 6.08. The van der Waals surface area contributed by atoms with Gasteiger partial charge in [-0.1, -0.05) is 5.21 Å². The van der Waals surface area contributed by atoms with Gasteiger partial charge in [-0.3, -0.25) is 0 Å². The fourth-order valence-electron chi connectivity index (χ4n) is 3.49. The van der Waals surface area contributed by atoms with Crippen LogP contribution in [0, 0.1) is 0 Å². The average molecular weight is 454 g/mol. The van der Waals surface area contributed by atoms with Crippen LogP contribution in [0.15, 0.2) is 11.9 Å². The highest BCUT2D eigenvalue weighted by atomic mass is 19.1. The summed E-state index contributed by atoms with van der Waals surface area (Å²) >= 11 is 0. The van der Waals surface area contributed by atoms with Crippen LogP contribution in [-0.2, 0) is 20.6 Å². The topological polar surface area (TPSA) is 78.7 Å². The van der Waals surface area contributed by atoms with Gasteiger partial charge in [-0.2, -0.15) is 0 Å². The molecule has 0 atom stereocenters. The van der Waals surface area contributed by atoms with Gasteiger partial charge in [0.05, 0.1) is 23.9 Å².